The molecule has 0 saturated carbocycles. The molecule has 3 rings (SSSR count). The molecule has 0 radical (unpaired) electrons. The van der Waals surface area contributed by atoms with E-state index < -0.39 is 28.5 Å². The van der Waals surface area contributed by atoms with E-state index in [9.17, 15) is 18.0 Å². The highest BCUT2D eigenvalue weighted by atomic mass is 35.5. The Morgan fingerprint density at radius 3 is 2.21 bits per heavy atom. The Morgan fingerprint density at radius 2 is 1.63 bits per heavy atom. The predicted octanol–water partition coefficient (Wildman–Crippen LogP) is 5.01. The molecule has 1 N–H and O–H groups in total. The number of hydrogen-bond acceptors (Lipinski definition) is 4. The van der Waals surface area contributed by atoms with Crippen LogP contribution in [0.2, 0.25) is 5.02 Å². The molecule has 0 aliphatic carbocycles. The number of nitrogens with one attached hydrogen (secondary N) is 1. The molecule has 202 valence electrons. The Morgan fingerprint density at radius 1 is 0.947 bits per heavy atom. The first-order chi connectivity index (χ1) is 18.0. The maximum Gasteiger partial charge on any atom is 0.264 e. The number of amides is 2. The van der Waals surface area contributed by atoms with Crippen molar-refractivity contribution in [2.45, 2.75) is 51.6 Å². The van der Waals surface area contributed by atoms with Gasteiger partial charge in [0.15, 0.2) is 0 Å². The molecule has 0 aromatic heterocycles. The van der Waals surface area contributed by atoms with Crippen LogP contribution in [0.15, 0.2) is 71.6 Å². The van der Waals surface area contributed by atoms with Gasteiger partial charge in [-0.2, -0.15) is 0 Å². The third-order valence-corrected chi connectivity index (χ3v) is 8.57. The lowest BCUT2D eigenvalue weighted by atomic mass is 10.1. The summed E-state index contributed by atoms with van der Waals surface area (Å²) in [7, 11) is -2.62. The van der Waals surface area contributed by atoms with Crippen LogP contribution in [0.5, 0.6) is 0 Å². The summed E-state index contributed by atoms with van der Waals surface area (Å²) in [4.78, 5) is 28.2. The van der Waals surface area contributed by atoms with Gasteiger partial charge in [-0.05, 0) is 80.3 Å². The van der Waals surface area contributed by atoms with E-state index in [1.54, 1.807) is 12.1 Å². The van der Waals surface area contributed by atoms with Crippen LogP contribution in [-0.4, -0.2) is 44.8 Å². The zero-order valence-electron chi connectivity index (χ0n) is 22.4. The van der Waals surface area contributed by atoms with Crippen molar-refractivity contribution in [1.82, 2.24) is 10.2 Å². The molecule has 0 spiro atoms. The number of halogens is 1. The van der Waals surface area contributed by atoms with E-state index >= 15 is 0 Å². The molecule has 0 aliphatic rings. The normalized spacial score (nSPS) is 12.1. The van der Waals surface area contributed by atoms with E-state index in [-0.39, 0.29) is 17.3 Å². The first-order valence-electron chi connectivity index (χ1n) is 12.4. The molecular formula is C29H34ClN3O4S. The average molecular weight is 556 g/mol. The van der Waals surface area contributed by atoms with Gasteiger partial charge >= 0.3 is 0 Å². The highest BCUT2D eigenvalue weighted by Crippen LogP contribution is 2.27. The van der Waals surface area contributed by atoms with Gasteiger partial charge in [0.1, 0.15) is 12.6 Å². The van der Waals surface area contributed by atoms with Crippen molar-refractivity contribution in [1.29, 1.82) is 0 Å². The van der Waals surface area contributed by atoms with Gasteiger partial charge in [0, 0.05) is 18.6 Å². The number of sulfonamides is 1. The quantitative estimate of drug-likeness (QED) is 0.381. The van der Waals surface area contributed by atoms with Crippen LogP contribution in [0.3, 0.4) is 0 Å². The lowest BCUT2D eigenvalue weighted by Gasteiger charge is -2.33. The van der Waals surface area contributed by atoms with E-state index in [1.807, 2.05) is 58.0 Å². The van der Waals surface area contributed by atoms with Crippen molar-refractivity contribution >= 4 is 39.1 Å². The minimum atomic E-state index is -4.14. The van der Waals surface area contributed by atoms with Gasteiger partial charge in [-0.1, -0.05) is 54.4 Å². The Bertz CT molecular complexity index is 1410. The van der Waals surface area contributed by atoms with Gasteiger partial charge in [-0.25, -0.2) is 8.42 Å². The van der Waals surface area contributed by atoms with Crippen molar-refractivity contribution < 1.29 is 18.0 Å². The fourth-order valence-electron chi connectivity index (χ4n) is 4.24. The van der Waals surface area contributed by atoms with Crippen LogP contribution in [0.25, 0.3) is 0 Å². The second-order valence-corrected chi connectivity index (χ2v) is 11.6. The maximum absolute atomic E-state index is 13.9. The number of rotatable bonds is 10. The second-order valence-electron chi connectivity index (χ2n) is 9.28. The first kappa shape index (κ1) is 29.2. The van der Waals surface area contributed by atoms with Crippen molar-refractivity contribution in [3.63, 3.8) is 0 Å². The van der Waals surface area contributed by atoms with Crippen LogP contribution < -0.4 is 9.62 Å². The molecule has 9 heteroatoms. The summed E-state index contributed by atoms with van der Waals surface area (Å²) in [6, 6.07) is 18.0. The number of carbonyl (C=O) groups excluding carboxylic acids is 2. The molecular weight excluding hydrogens is 522 g/mol. The number of nitrogens with zero attached hydrogens (tertiary/aromatic N) is 2. The maximum atomic E-state index is 13.9. The Balaban J connectivity index is 2.09. The van der Waals surface area contributed by atoms with Gasteiger partial charge in [-0.15, -0.1) is 0 Å². The summed E-state index contributed by atoms with van der Waals surface area (Å²) in [6.07, 6.45) is 0.366. The highest BCUT2D eigenvalue weighted by Gasteiger charge is 2.33. The van der Waals surface area contributed by atoms with Crippen molar-refractivity contribution in [2.24, 2.45) is 0 Å². The molecule has 1 atom stereocenters. The molecule has 0 saturated heterocycles. The lowest BCUT2D eigenvalue weighted by Crippen LogP contribution is -2.51. The zero-order chi connectivity index (χ0) is 28.0. The highest BCUT2D eigenvalue weighted by molar-refractivity contribution is 7.92. The van der Waals surface area contributed by atoms with Crippen LogP contribution in [-0.2, 0) is 26.2 Å². The molecule has 0 aliphatic heterocycles. The summed E-state index contributed by atoms with van der Waals surface area (Å²) in [6.45, 7) is 7.27. The summed E-state index contributed by atoms with van der Waals surface area (Å²) in [5.41, 5.74) is 4.11. The lowest BCUT2D eigenvalue weighted by molar-refractivity contribution is -0.140. The fraction of sp³-hybridized carbons (Fsp3) is 0.310. The first-order valence-corrected chi connectivity index (χ1v) is 14.2. The molecule has 0 heterocycles. The summed E-state index contributed by atoms with van der Waals surface area (Å²) < 4.78 is 28.8. The summed E-state index contributed by atoms with van der Waals surface area (Å²) in [5, 5.41) is 3.03. The minimum absolute atomic E-state index is 0.0107. The van der Waals surface area contributed by atoms with Crippen LogP contribution in [0.1, 0.15) is 35.6 Å². The monoisotopic (exact) mass is 555 g/mol. The van der Waals surface area contributed by atoms with Crippen molar-refractivity contribution in [2.75, 3.05) is 17.9 Å². The molecule has 3 aromatic rings. The van der Waals surface area contributed by atoms with Gasteiger partial charge < -0.3 is 10.2 Å². The predicted molar refractivity (Wildman–Crippen MR) is 152 cm³/mol. The number of aryl methyl sites for hydroxylation is 3. The number of hydrogen-bond donors (Lipinski definition) is 1. The van der Waals surface area contributed by atoms with Gasteiger partial charge in [-0.3, -0.25) is 13.9 Å². The molecule has 2 amide bonds. The molecule has 1 unspecified atom stereocenters. The zero-order valence-corrected chi connectivity index (χ0v) is 23.9. The molecule has 3 aromatic carbocycles. The Labute approximate surface area is 230 Å². The summed E-state index contributed by atoms with van der Waals surface area (Å²) >= 11 is 6.00. The van der Waals surface area contributed by atoms with Crippen LogP contribution in [0.4, 0.5) is 5.69 Å². The number of likely N-dealkylation sites (N-methyl/N-ethyl adjacent to an activating group) is 1. The molecule has 7 nitrogen and oxygen atoms in total. The van der Waals surface area contributed by atoms with Crippen molar-refractivity contribution in [3.05, 3.63) is 94.0 Å². The number of benzene rings is 3. The van der Waals surface area contributed by atoms with Gasteiger partial charge in [0.2, 0.25) is 11.8 Å². The van der Waals surface area contributed by atoms with E-state index in [4.69, 9.17) is 11.6 Å². The summed E-state index contributed by atoms with van der Waals surface area (Å²) in [5.74, 6) is -0.801. The minimum Gasteiger partial charge on any atom is -0.357 e. The smallest absolute Gasteiger partial charge is 0.264 e. The molecule has 0 fully saturated rings. The third-order valence-electron chi connectivity index (χ3n) is 6.53. The van der Waals surface area contributed by atoms with E-state index in [2.05, 4.69) is 5.32 Å². The van der Waals surface area contributed by atoms with E-state index in [0.717, 1.165) is 26.6 Å². The Kier molecular flexibility index (Phi) is 9.57. The molecule has 0 bridgehead atoms. The third kappa shape index (κ3) is 6.74. The van der Waals surface area contributed by atoms with Gasteiger partial charge in [0.25, 0.3) is 10.0 Å². The molecule has 38 heavy (non-hydrogen) atoms. The largest absolute Gasteiger partial charge is 0.357 e. The Hall–Kier alpha value is -3.36. The van der Waals surface area contributed by atoms with Gasteiger partial charge in [0.05, 0.1) is 10.6 Å². The SMILES string of the molecule is CCC(C(=O)NC)N(Cc1cccc(C)c1)C(=O)CN(c1ccc(C)c(C)c1)S(=O)(=O)c1ccc(Cl)cc1. The average Bonchev–Trinajstić information content (AvgIpc) is 2.88. The number of anilines is 1. The van der Waals surface area contributed by atoms with Crippen LogP contribution >= 0.6 is 11.6 Å². The van der Waals surface area contributed by atoms with E-state index in [1.165, 1.54) is 36.2 Å². The van der Waals surface area contributed by atoms with Crippen LogP contribution in [0, 0.1) is 20.8 Å². The van der Waals surface area contributed by atoms with Crippen molar-refractivity contribution in [3.8, 4) is 0 Å². The van der Waals surface area contributed by atoms with E-state index in [0.29, 0.717) is 17.1 Å². The standard InChI is InChI=1S/C29H34ClN3O4S/c1-6-27(29(35)31-5)32(18-23-9-7-8-20(2)16-23)28(34)19-33(25-13-10-21(3)22(4)17-25)38(36,37)26-14-11-24(30)12-15-26/h7-17,27H,6,18-19H2,1-5H3,(H,31,35). The second kappa shape index (κ2) is 12.5. The number of carbonyl (C=O) groups is 2. The fourth-order valence-corrected chi connectivity index (χ4v) is 5.77. The topological polar surface area (TPSA) is 86.8 Å².